The molecule has 250 valence electrons. The molecule has 4 aromatic rings. The molecule has 48 heavy (non-hydrogen) atoms. The van der Waals surface area contributed by atoms with Gasteiger partial charge >= 0.3 is 0 Å². The quantitative estimate of drug-likeness (QED) is 0.169. The molecule has 1 spiro atoms. The summed E-state index contributed by atoms with van der Waals surface area (Å²) in [5.41, 5.74) is 1.91. The third-order valence-electron chi connectivity index (χ3n) is 10.6. The van der Waals surface area contributed by atoms with Gasteiger partial charge in [0, 0.05) is 11.3 Å². The first kappa shape index (κ1) is 32.4. The Bertz CT molecular complexity index is 1770. The number of halogens is 1. The number of anilines is 1. The SMILES string of the molecule is O=C1N(c2ccc(F)cc2)[C@H](c2ccc(-c3ccc([C@@H]4O[C@H](CO)[C@@H](O)[C@H](O)[C@H]4O)cc3)cc2O)C12CCC(O)(c1ccccc1)CC2. The Kier molecular flexibility index (Phi) is 8.35. The lowest BCUT2D eigenvalue weighted by molar-refractivity contribution is -0.231. The number of aliphatic hydroxyl groups is 5. The Morgan fingerprint density at radius 1 is 0.792 bits per heavy atom. The molecule has 0 unspecified atom stereocenters. The lowest BCUT2D eigenvalue weighted by Crippen LogP contribution is -2.65. The van der Waals surface area contributed by atoms with E-state index >= 15 is 0 Å². The van der Waals surface area contributed by atoms with Gasteiger partial charge in [-0.05, 0) is 78.3 Å². The zero-order chi connectivity index (χ0) is 33.8. The first-order chi connectivity index (χ1) is 23.1. The van der Waals surface area contributed by atoms with Gasteiger partial charge in [0.15, 0.2) is 0 Å². The standard InChI is InChI=1S/C38H38FNO8/c39-26-11-13-27(14-12-26)40-35(37(36(40)46)16-18-38(47,19-17-37)25-4-2-1-3-5-25)28-15-10-24(20-29(28)42)22-6-8-23(9-7-22)34-33(45)32(44)31(43)30(21-41)48-34/h1-15,20,30-35,41-45,47H,16-19,21H2/t30-,31-,32+,33-,34+,35-,37?,38?/m1/s1. The van der Waals surface area contributed by atoms with Crippen LogP contribution in [-0.2, 0) is 15.1 Å². The molecule has 0 aromatic heterocycles. The topological polar surface area (TPSA) is 151 Å². The summed E-state index contributed by atoms with van der Waals surface area (Å²) in [5, 5.41) is 63.5. The molecule has 2 heterocycles. The summed E-state index contributed by atoms with van der Waals surface area (Å²) in [7, 11) is 0. The van der Waals surface area contributed by atoms with Gasteiger partial charge in [0.05, 0.1) is 23.7 Å². The van der Waals surface area contributed by atoms with Crippen LogP contribution in [0.3, 0.4) is 0 Å². The Balaban J connectivity index is 1.18. The molecule has 1 saturated carbocycles. The molecule has 2 saturated heterocycles. The Morgan fingerprint density at radius 3 is 2.06 bits per heavy atom. The van der Waals surface area contributed by atoms with E-state index in [1.54, 1.807) is 53.4 Å². The van der Waals surface area contributed by atoms with Crippen molar-refractivity contribution in [2.45, 2.75) is 67.8 Å². The molecule has 7 rings (SSSR count). The van der Waals surface area contributed by atoms with Crippen molar-refractivity contribution < 1.29 is 44.6 Å². The molecule has 0 bridgehead atoms. The second-order valence-corrected chi connectivity index (χ2v) is 13.3. The molecule has 6 atom stereocenters. The van der Waals surface area contributed by atoms with E-state index in [0.717, 1.165) is 11.1 Å². The number of rotatable bonds is 6. The number of phenolic OH excluding ortho intramolecular Hbond substituents is 1. The molecule has 6 N–H and O–H groups in total. The number of carbonyl (C=O) groups is 1. The highest BCUT2D eigenvalue weighted by Crippen LogP contribution is 2.62. The maximum absolute atomic E-state index is 14.0. The first-order valence-corrected chi connectivity index (χ1v) is 16.2. The van der Waals surface area contributed by atoms with E-state index in [1.165, 1.54) is 12.1 Å². The maximum Gasteiger partial charge on any atom is 0.236 e. The second kappa shape index (κ2) is 12.4. The summed E-state index contributed by atoms with van der Waals surface area (Å²) in [6.45, 7) is -0.522. The number of carbonyl (C=O) groups excluding carboxylic acids is 1. The number of hydrogen-bond donors (Lipinski definition) is 6. The average Bonchev–Trinajstić information content (AvgIpc) is 3.11. The Morgan fingerprint density at radius 2 is 1.44 bits per heavy atom. The van der Waals surface area contributed by atoms with Crippen LogP contribution in [0.15, 0.2) is 97.1 Å². The molecule has 1 aliphatic carbocycles. The van der Waals surface area contributed by atoms with Crippen LogP contribution in [0, 0.1) is 11.2 Å². The van der Waals surface area contributed by atoms with Crippen LogP contribution in [0.1, 0.15) is 54.5 Å². The third kappa shape index (κ3) is 5.29. The molecule has 3 aliphatic rings. The van der Waals surface area contributed by atoms with Gasteiger partial charge in [0.2, 0.25) is 5.91 Å². The Labute approximate surface area is 277 Å². The van der Waals surface area contributed by atoms with Crippen molar-refractivity contribution in [2.75, 3.05) is 11.5 Å². The zero-order valence-corrected chi connectivity index (χ0v) is 26.1. The first-order valence-electron chi connectivity index (χ1n) is 16.2. The molecule has 0 radical (unpaired) electrons. The van der Waals surface area contributed by atoms with Crippen molar-refractivity contribution >= 4 is 11.6 Å². The molecule has 3 fully saturated rings. The summed E-state index contributed by atoms with van der Waals surface area (Å²) in [6, 6.07) is 26.8. The van der Waals surface area contributed by atoms with Crippen LogP contribution in [-0.4, -0.2) is 67.6 Å². The minimum absolute atomic E-state index is 0.0154. The van der Waals surface area contributed by atoms with Gasteiger partial charge < -0.3 is 40.3 Å². The normalized spacial score (nSPS) is 31.9. The van der Waals surface area contributed by atoms with Crippen molar-refractivity contribution in [3.63, 3.8) is 0 Å². The van der Waals surface area contributed by atoms with Crippen molar-refractivity contribution in [1.82, 2.24) is 0 Å². The van der Waals surface area contributed by atoms with Gasteiger partial charge in [-0.25, -0.2) is 4.39 Å². The largest absolute Gasteiger partial charge is 0.508 e. The van der Waals surface area contributed by atoms with Crippen LogP contribution in [0.2, 0.25) is 0 Å². The number of nitrogens with zero attached hydrogens (tertiary/aromatic N) is 1. The van der Waals surface area contributed by atoms with Crippen molar-refractivity contribution in [3.8, 4) is 16.9 Å². The molecular weight excluding hydrogens is 617 g/mol. The molecule has 9 nitrogen and oxygen atoms in total. The lowest BCUT2D eigenvalue weighted by atomic mass is 9.56. The summed E-state index contributed by atoms with van der Waals surface area (Å²) in [5.74, 6) is -0.562. The predicted molar refractivity (Wildman–Crippen MR) is 174 cm³/mol. The van der Waals surface area contributed by atoms with E-state index in [-0.39, 0.29) is 11.7 Å². The molecular formula is C38H38FNO8. The van der Waals surface area contributed by atoms with Gasteiger partial charge in [-0.3, -0.25) is 4.79 Å². The number of hydrogen-bond acceptors (Lipinski definition) is 8. The highest BCUT2D eigenvalue weighted by atomic mass is 19.1. The fourth-order valence-electron chi connectivity index (χ4n) is 7.79. The number of aromatic hydroxyl groups is 1. The number of aliphatic hydroxyl groups excluding tert-OH is 4. The average molecular weight is 656 g/mol. The van der Waals surface area contributed by atoms with E-state index in [4.69, 9.17) is 4.74 Å². The van der Waals surface area contributed by atoms with Crippen LogP contribution < -0.4 is 4.90 Å². The summed E-state index contributed by atoms with van der Waals surface area (Å²) >= 11 is 0. The van der Waals surface area contributed by atoms with E-state index in [2.05, 4.69) is 0 Å². The minimum Gasteiger partial charge on any atom is -0.508 e. The highest BCUT2D eigenvalue weighted by Gasteiger charge is 2.64. The van der Waals surface area contributed by atoms with Crippen LogP contribution in [0.4, 0.5) is 10.1 Å². The highest BCUT2D eigenvalue weighted by molar-refractivity contribution is 6.06. The molecule has 4 aromatic carbocycles. The summed E-state index contributed by atoms with van der Waals surface area (Å²) in [4.78, 5) is 15.6. The van der Waals surface area contributed by atoms with E-state index in [1.807, 2.05) is 36.4 Å². The summed E-state index contributed by atoms with van der Waals surface area (Å²) in [6.07, 6.45) is -4.78. The van der Waals surface area contributed by atoms with Crippen LogP contribution in [0.5, 0.6) is 5.75 Å². The molecule has 10 heteroatoms. The van der Waals surface area contributed by atoms with Crippen LogP contribution >= 0.6 is 0 Å². The fraction of sp³-hybridized carbons (Fsp3) is 0.342. The third-order valence-corrected chi connectivity index (χ3v) is 10.6. The van der Waals surface area contributed by atoms with E-state index < -0.39 is 60.0 Å². The maximum atomic E-state index is 14.0. The Hall–Kier alpha value is -4.16. The second-order valence-electron chi connectivity index (χ2n) is 13.3. The van der Waals surface area contributed by atoms with Gasteiger partial charge in [0.1, 0.15) is 42.1 Å². The van der Waals surface area contributed by atoms with Gasteiger partial charge in [-0.15, -0.1) is 0 Å². The number of phenols is 1. The number of β-lactam (4-membered cyclic amide) rings is 1. The van der Waals surface area contributed by atoms with Gasteiger partial charge in [0.25, 0.3) is 0 Å². The van der Waals surface area contributed by atoms with Gasteiger partial charge in [-0.1, -0.05) is 66.7 Å². The molecule has 1 amide bonds. The van der Waals surface area contributed by atoms with Crippen LogP contribution in [0.25, 0.3) is 11.1 Å². The number of amides is 1. The van der Waals surface area contributed by atoms with Gasteiger partial charge in [-0.2, -0.15) is 0 Å². The van der Waals surface area contributed by atoms with E-state index in [9.17, 15) is 39.8 Å². The fourth-order valence-corrected chi connectivity index (χ4v) is 7.79. The monoisotopic (exact) mass is 655 g/mol. The number of ether oxygens (including phenoxy) is 1. The van der Waals surface area contributed by atoms with E-state index in [0.29, 0.717) is 48.1 Å². The summed E-state index contributed by atoms with van der Waals surface area (Å²) < 4.78 is 19.5. The molecule has 2 aliphatic heterocycles. The smallest absolute Gasteiger partial charge is 0.236 e. The minimum atomic E-state index is -1.49. The van der Waals surface area contributed by atoms with Crippen molar-refractivity contribution in [1.29, 1.82) is 0 Å². The predicted octanol–water partition coefficient (Wildman–Crippen LogP) is 4.25. The zero-order valence-electron chi connectivity index (χ0n) is 26.1. The lowest BCUT2D eigenvalue weighted by Gasteiger charge is -2.59. The van der Waals surface area contributed by atoms with Crippen molar-refractivity contribution in [2.24, 2.45) is 5.41 Å². The number of benzene rings is 4. The van der Waals surface area contributed by atoms with Crippen molar-refractivity contribution in [3.05, 3.63) is 120 Å².